The zero-order chi connectivity index (χ0) is 24.5. The molecule has 34 heavy (non-hydrogen) atoms. The van der Waals surface area contributed by atoms with Crippen molar-refractivity contribution >= 4 is 17.6 Å². The second-order valence-electron chi connectivity index (χ2n) is 8.48. The van der Waals surface area contributed by atoms with Gasteiger partial charge in [-0.1, -0.05) is 49.7 Å². The average molecular weight is 483 g/mol. The van der Waals surface area contributed by atoms with Crippen LogP contribution in [0.3, 0.4) is 0 Å². The minimum Gasteiger partial charge on any atom is -0.493 e. The molecule has 3 aromatic carbocycles. The van der Waals surface area contributed by atoms with Crippen molar-refractivity contribution in [2.45, 2.75) is 52.1 Å². The molecule has 0 radical (unpaired) electrons. The van der Waals surface area contributed by atoms with Gasteiger partial charge < -0.3 is 19.3 Å². The lowest BCUT2D eigenvalue weighted by atomic mass is 9.94. The van der Waals surface area contributed by atoms with E-state index >= 15 is 0 Å². The lowest BCUT2D eigenvalue weighted by Crippen LogP contribution is -2.16. The highest BCUT2D eigenvalue weighted by Gasteiger charge is 2.13. The van der Waals surface area contributed by atoms with E-state index in [2.05, 4.69) is 13.8 Å². The molecule has 0 spiro atoms. The highest BCUT2D eigenvalue weighted by molar-refractivity contribution is 6.30. The van der Waals surface area contributed by atoms with Crippen molar-refractivity contribution < 1.29 is 24.1 Å². The molecule has 0 amide bonds. The highest BCUT2D eigenvalue weighted by atomic mass is 35.5. The van der Waals surface area contributed by atoms with Crippen molar-refractivity contribution in [2.24, 2.45) is 0 Å². The van der Waals surface area contributed by atoms with E-state index in [-0.39, 0.29) is 18.4 Å². The van der Waals surface area contributed by atoms with Crippen LogP contribution < -0.4 is 14.2 Å². The number of para-hydroxylation sites is 1. The molecule has 0 saturated carbocycles. The fraction of sp³-hybridized carbons (Fsp3) is 0.321. The molecular weight excluding hydrogens is 452 g/mol. The summed E-state index contributed by atoms with van der Waals surface area (Å²) in [4.78, 5) is 10.9. The molecular formula is C28H31ClO5. The van der Waals surface area contributed by atoms with E-state index in [1.807, 2.05) is 61.5 Å². The third-order valence-electron chi connectivity index (χ3n) is 5.35. The lowest BCUT2D eigenvalue weighted by molar-refractivity contribution is -0.136. The van der Waals surface area contributed by atoms with E-state index in [0.717, 1.165) is 16.9 Å². The Kier molecular flexibility index (Phi) is 9.23. The molecule has 6 heteroatoms. The largest absolute Gasteiger partial charge is 0.493 e. The van der Waals surface area contributed by atoms with Crippen LogP contribution in [0.15, 0.2) is 66.7 Å². The summed E-state index contributed by atoms with van der Waals surface area (Å²) in [5.74, 6) is 2.15. The fourth-order valence-corrected chi connectivity index (χ4v) is 3.72. The van der Waals surface area contributed by atoms with Gasteiger partial charge >= 0.3 is 5.97 Å². The van der Waals surface area contributed by atoms with Crippen LogP contribution in [0.25, 0.3) is 0 Å². The molecule has 3 rings (SSSR count). The zero-order valence-corrected chi connectivity index (χ0v) is 20.5. The molecule has 0 bridgehead atoms. The summed E-state index contributed by atoms with van der Waals surface area (Å²) in [6.45, 7) is 6.66. The van der Waals surface area contributed by atoms with Crippen molar-refractivity contribution in [3.63, 3.8) is 0 Å². The Bertz CT molecular complexity index is 1080. The molecule has 0 aliphatic rings. The summed E-state index contributed by atoms with van der Waals surface area (Å²) in [7, 11) is 0. The predicted octanol–water partition coefficient (Wildman–Crippen LogP) is 7.51. The van der Waals surface area contributed by atoms with Crippen molar-refractivity contribution in [3.05, 3.63) is 82.9 Å². The van der Waals surface area contributed by atoms with Crippen LogP contribution in [-0.4, -0.2) is 23.8 Å². The Balaban J connectivity index is 1.58. The van der Waals surface area contributed by atoms with Crippen molar-refractivity contribution in [1.82, 2.24) is 0 Å². The molecule has 5 nitrogen and oxygen atoms in total. The van der Waals surface area contributed by atoms with E-state index in [4.69, 9.17) is 30.9 Å². The van der Waals surface area contributed by atoms with Gasteiger partial charge in [-0.25, -0.2) is 0 Å². The zero-order valence-electron chi connectivity index (χ0n) is 19.8. The second-order valence-corrected chi connectivity index (χ2v) is 8.92. The number of hydrogen-bond donors (Lipinski definition) is 1. The summed E-state index contributed by atoms with van der Waals surface area (Å²) < 4.78 is 18.1. The lowest BCUT2D eigenvalue weighted by Gasteiger charge is -2.19. The van der Waals surface area contributed by atoms with Gasteiger partial charge in [0, 0.05) is 23.9 Å². The first-order valence-corrected chi connectivity index (χ1v) is 11.9. The standard InChI is InChI=1S/C28H31ClO5/c1-19(2)25-18-24(12-9-21(25)10-14-28(30)31)32-16-15-20(3)33-26-13-11-22(29)17-27(26)34-23-7-5-4-6-8-23/h4-9,11-13,17-20H,10,14-16H2,1-3H3,(H,30,31)/t20-/m0/s1. The minimum atomic E-state index is -0.790. The van der Waals surface area contributed by atoms with Crippen molar-refractivity contribution in [3.8, 4) is 23.0 Å². The number of rotatable bonds is 12. The Labute approximate surface area is 206 Å². The number of hydrogen-bond acceptors (Lipinski definition) is 4. The number of aryl methyl sites for hydroxylation is 1. The van der Waals surface area contributed by atoms with E-state index in [1.165, 1.54) is 0 Å². The minimum absolute atomic E-state index is 0.112. The summed E-state index contributed by atoms with van der Waals surface area (Å²) >= 11 is 6.17. The number of carboxylic acid groups (broad SMARTS) is 1. The molecule has 0 saturated heterocycles. The quantitative estimate of drug-likeness (QED) is 0.289. The number of halogens is 1. The van der Waals surface area contributed by atoms with Gasteiger partial charge in [-0.15, -0.1) is 0 Å². The number of carboxylic acids is 1. The smallest absolute Gasteiger partial charge is 0.303 e. The normalized spacial score (nSPS) is 11.8. The Morgan fingerprint density at radius 2 is 1.71 bits per heavy atom. The highest BCUT2D eigenvalue weighted by Crippen LogP contribution is 2.35. The number of benzene rings is 3. The monoisotopic (exact) mass is 482 g/mol. The molecule has 0 aliphatic heterocycles. The summed E-state index contributed by atoms with van der Waals surface area (Å²) in [6.07, 6.45) is 1.20. The number of carbonyl (C=O) groups is 1. The molecule has 0 aliphatic carbocycles. The Morgan fingerprint density at radius 3 is 2.41 bits per heavy atom. The molecule has 0 fully saturated rings. The number of aliphatic carboxylic acids is 1. The van der Waals surface area contributed by atoms with Gasteiger partial charge in [0.05, 0.1) is 12.7 Å². The second kappa shape index (κ2) is 12.3. The van der Waals surface area contributed by atoms with Crippen LogP contribution in [0.5, 0.6) is 23.0 Å². The van der Waals surface area contributed by atoms with Crippen LogP contribution >= 0.6 is 11.6 Å². The van der Waals surface area contributed by atoms with Gasteiger partial charge in [0.25, 0.3) is 0 Å². The van der Waals surface area contributed by atoms with Crippen molar-refractivity contribution in [2.75, 3.05) is 6.61 Å². The third-order valence-corrected chi connectivity index (χ3v) is 5.58. The Morgan fingerprint density at radius 1 is 0.941 bits per heavy atom. The van der Waals surface area contributed by atoms with E-state index in [0.29, 0.717) is 41.7 Å². The number of ether oxygens (including phenoxy) is 3. The first-order chi connectivity index (χ1) is 16.3. The SMILES string of the molecule is CC(C)c1cc(OCC[C@H](C)Oc2ccc(Cl)cc2Oc2ccccc2)ccc1CCC(=O)O. The van der Waals surface area contributed by atoms with E-state index in [9.17, 15) is 4.79 Å². The molecule has 3 aromatic rings. The molecule has 1 atom stereocenters. The molecule has 0 heterocycles. The van der Waals surface area contributed by atoms with Crippen LogP contribution in [0.2, 0.25) is 5.02 Å². The molecule has 0 unspecified atom stereocenters. The van der Waals surface area contributed by atoms with Crippen LogP contribution in [0.4, 0.5) is 0 Å². The fourth-order valence-electron chi connectivity index (χ4n) is 3.56. The van der Waals surface area contributed by atoms with Gasteiger partial charge in [-0.2, -0.15) is 0 Å². The molecule has 0 aromatic heterocycles. The summed E-state index contributed by atoms with van der Waals surface area (Å²) in [5.41, 5.74) is 2.17. The average Bonchev–Trinajstić information content (AvgIpc) is 2.80. The van der Waals surface area contributed by atoms with Gasteiger partial charge in [0.15, 0.2) is 11.5 Å². The maximum atomic E-state index is 10.9. The maximum absolute atomic E-state index is 10.9. The summed E-state index contributed by atoms with van der Waals surface area (Å²) in [6, 6.07) is 20.7. The van der Waals surface area contributed by atoms with Crippen LogP contribution in [0, 0.1) is 0 Å². The molecule has 1 N–H and O–H groups in total. The Hall–Kier alpha value is -3.18. The van der Waals surface area contributed by atoms with Gasteiger partial charge in [0.1, 0.15) is 11.5 Å². The molecule has 180 valence electrons. The topological polar surface area (TPSA) is 65.0 Å². The van der Waals surface area contributed by atoms with E-state index in [1.54, 1.807) is 12.1 Å². The van der Waals surface area contributed by atoms with Gasteiger partial charge in [-0.3, -0.25) is 4.79 Å². The van der Waals surface area contributed by atoms with Gasteiger partial charge in [-0.05, 0) is 66.8 Å². The summed E-state index contributed by atoms with van der Waals surface area (Å²) in [5, 5.41) is 9.56. The van der Waals surface area contributed by atoms with Crippen molar-refractivity contribution in [1.29, 1.82) is 0 Å². The maximum Gasteiger partial charge on any atom is 0.303 e. The van der Waals surface area contributed by atoms with Crippen LogP contribution in [0.1, 0.15) is 50.7 Å². The first kappa shape index (κ1) is 25.4. The van der Waals surface area contributed by atoms with Gasteiger partial charge in [0.2, 0.25) is 0 Å². The predicted molar refractivity (Wildman–Crippen MR) is 135 cm³/mol. The van der Waals surface area contributed by atoms with Crippen LogP contribution in [-0.2, 0) is 11.2 Å². The third kappa shape index (κ3) is 7.70. The van der Waals surface area contributed by atoms with E-state index < -0.39 is 5.97 Å². The first-order valence-electron chi connectivity index (χ1n) is 11.5.